The van der Waals surface area contributed by atoms with Gasteiger partial charge in [-0.05, 0) is 66.1 Å². The number of amides is 2. The van der Waals surface area contributed by atoms with E-state index >= 15 is 0 Å². The maximum atomic E-state index is 13.1. The minimum atomic E-state index is -0.626. The molecular formula is C25H26FNO6S. The van der Waals surface area contributed by atoms with Crippen LogP contribution in [0.5, 0.6) is 11.5 Å². The maximum Gasteiger partial charge on any atom is 0.326 e. The Morgan fingerprint density at radius 2 is 1.82 bits per heavy atom. The second-order valence-corrected chi connectivity index (χ2v) is 8.89. The van der Waals surface area contributed by atoms with Crippen molar-refractivity contribution in [3.05, 3.63) is 64.3 Å². The van der Waals surface area contributed by atoms with Crippen molar-refractivity contribution in [2.45, 2.75) is 27.4 Å². The Bertz CT molecular complexity index is 1080. The Balaban J connectivity index is 1.71. The van der Waals surface area contributed by atoms with Crippen molar-refractivity contribution in [2.75, 3.05) is 19.8 Å². The number of hydrogen-bond donors (Lipinski definition) is 0. The van der Waals surface area contributed by atoms with Gasteiger partial charge in [-0.15, -0.1) is 0 Å². The summed E-state index contributed by atoms with van der Waals surface area (Å²) in [7, 11) is 0. The Labute approximate surface area is 201 Å². The summed E-state index contributed by atoms with van der Waals surface area (Å²) in [5.41, 5.74) is 1.43. The third-order valence-corrected chi connectivity index (χ3v) is 5.52. The second-order valence-electron chi connectivity index (χ2n) is 7.90. The lowest BCUT2D eigenvalue weighted by atomic mass is 10.1. The number of carbonyl (C=O) groups is 3. The van der Waals surface area contributed by atoms with Gasteiger partial charge in [-0.2, -0.15) is 0 Å². The van der Waals surface area contributed by atoms with E-state index in [1.807, 2.05) is 20.8 Å². The SMILES string of the molecule is CCOc1cc(/C=C2\SC(=O)N(CC(=O)OCC(C)C)C2=O)ccc1OCc1ccc(F)cc1. The summed E-state index contributed by atoms with van der Waals surface area (Å²) in [5.74, 6) is -0.385. The van der Waals surface area contributed by atoms with Gasteiger partial charge in [0.25, 0.3) is 11.1 Å². The van der Waals surface area contributed by atoms with E-state index in [4.69, 9.17) is 14.2 Å². The molecule has 1 saturated heterocycles. The third kappa shape index (κ3) is 6.84. The third-order valence-electron chi connectivity index (χ3n) is 4.61. The lowest BCUT2D eigenvalue weighted by molar-refractivity contribution is -0.147. The number of nitrogens with zero attached hydrogens (tertiary/aromatic N) is 1. The molecule has 180 valence electrons. The monoisotopic (exact) mass is 487 g/mol. The Morgan fingerprint density at radius 3 is 2.50 bits per heavy atom. The molecular weight excluding hydrogens is 461 g/mol. The first kappa shape index (κ1) is 25.3. The highest BCUT2D eigenvalue weighted by Crippen LogP contribution is 2.35. The van der Waals surface area contributed by atoms with Crippen molar-refractivity contribution >= 4 is 35.0 Å². The van der Waals surface area contributed by atoms with Gasteiger partial charge in [0, 0.05) is 0 Å². The van der Waals surface area contributed by atoms with Crippen molar-refractivity contribution in [2.24, 2.45) is 5.92 Å². The topological polar surface area (TPSA) is 82.1 Å². The van der Waals surface area contributed by atoms with Gasteiger partial charge in [-0.25, -0.2) is 4.39 Å². The summed E-state index contributed by atoms with van der Waals surface area (Å²) < 4.78 is 29.7. The highest BCUT2D eigenvalue weighted by molar-refractivity contribution is 8.18. The van der Waals surface area contributed by atoms with E-state index in [9.17, 15) is 18.8 Å². The van der Waals surface area contributed by atoms with E-state index < -0.39 is 23.7 Å². The zero-order chi connectivity index (χ0) is 24.7. The number of hydrogen-bond acceptors (Lipinski definition) is 7. The number of ether oxygens (including phenoxy) is 3. The molecule has 0 aliphatic carbocycles. The number of esters is 1. The molecule has 34 heavy (non-hydrogen) atoms. The normalized spacial score (nSPS) is 14.7. The van der Waals surface area contributed by atoms with Gasteiger partial charge in [0.1, 0.15) is 19.0 Å². The average Bonchev–Trinajstić information content (AvgIpc) is 3.05. The van der Waals surface area contributed by atoms with E-state index in [-0.39, 0.29) is 29.9 Å². The molecule has 0 radical (unpaired) electrons. The Morgan fingerprint density at radius 1 is 1.09 bits per heavy atom. The molecule has 1 fully saturated rings. The van der Waals surface area contributed by atoms with Gasteiger partial charge in [0.2, 0.25) is 0 Å². The van der Waals surface area contributed by atoms with Crippen LogP contribution in [0, 0.1) is 11.7 Å². The van der Waals surface area contributed by atoms with Crippen molar-refractivity contribution in [1.29, 1.82) is 0 Å². The van der Waals surface area contributed by atoms with Crippen molar-refractivity contribution in [1.82, 2.24) is 4.90 Å². The standard InChI is InChI=1S/C25H26FNO6S/c1-4-31-21-11-18(7-10-20(21)32-15-17-5-8-19(26)9-6-17)12-22-24(29)27(25(30)34-22)13-23(28)33-14-16(2)3/h5-12,16H,4,13-15H2,1-3H3/b22-12-. The van der Waals surface area contributed by atoms with Crippen LogP contribution in [0.3, 0.4) is 0 Å². The molecule has 7 nitrogen and oxygen atoms in total. The molecule has 0 saturated carbocycles. The summed E-state index contributed by atoms with van der Waals surface area (Å²) in [5, 5.41) is -0.526. The predicted molar refractivity (Wildman–Crippen MR) is 127 cm³/mol. The zero-order valence-electron chi connectivity index (χ0n) is 19.2. The Hall–Kier alpha value is -3.33. The fraction of sp³-hybridized carbons (Fsp3) is 0.320. The fourth-order valence-electron chi connectivity index (χ4n) is 2.97. The molecule has 0 unspecified atom stereocenters. The van der Waals surface area contributed by atoms with Gasteiger partial charge in [0.05, 0.1) is 18.1 Å². The smallest absolute Gasteiger partial charge is 0.326 e. The summed E-state index contributed by atoms with van der Waals surface area (Å²) >= 11 is 0.763. The highest BCUT2D eigenvalue weighted by atomic mass is 32.2. The second kappa shape index (κ2) is 11.7. The molecule has 1 aliphatic rings. The zero-order valence-corrected chi connectivity index (χ0v) is 20.0. The summed E-state index contributed by atoms with van der Waals surface area (Å²) in [6.07, 6.45) is 1.57. The molecule has 2 amide bonds. The first-order chi connectivity index (χ1) is 16.3. The molecule has 0 aromatic heterocycles. The highest BCUT2D eigenvalue weighted by Gasteiger charge is 2.36. The van der Waals surface area contributed by atoms with Crippen LogP contribution in [0.4, 0.5) is 9.18 Å². The number of imide groups is 1. The fourth-order valence-corrected chi connectivity index (χ4v) is 3.80. The first-order valence-corrected chi connectivity index (χ1v) is 11.6. The molecule has 2 aromatic rings. The first-order valence-electron chi connectivity index (χ1n) is 10.8. The van der Waals surface area contributed by atoms with Gasteiger partial charge >= 0.3 is 5.97 Å². The number of thioether (sulfide) groups is 1. The lowest BCUT2D eigenvalue weighted by Crippen LogP contribution is -2.34. The van der Waals surface area contributed by atoms with Crippen LogP contribution >= 0.6 is 11.8 Å². The van der Waals surface area contributed by atoms with Crippen molar-refractivity contribution in [3.8, 4) is 11.5 Å². The minimum absolute atomic E-state index is 0.154. The largest absolute Gasteiger partial charge is 0.490 e. The average molecular weight is 488 g/mol. The van der Waals surface area contributed by atoms with Crippen LogP contribution in [-0.2, 0) is 20.9 Å². The molecule has 1 aliphatic heterocycles. The van der Waals surface area contributed by atoms with Gasteiger partial charge < -0.3 is 14.2 Å². The van der Waals surface area contributed by atoms with E-state index in [0.717, 1.165) is 22.2 Å². The molecule has 0 N–H and O–H groups in total. The van der Waals surface area contributed by atoms with Crippen molar-refractivity contribution in [3.63, 3.8) is 0 Å². The van der Waals surface area contributed by atoms with E-state index in [1.54, 1.807) is 36.4 Å². The van der Waals surface area contributed by atoms with Crippen molar-refractivity contribution < 1.29 is 33.0 Å². The summed E-state index contributed by atoms with van der Waals surface area (Å²) in [4.78, 5) is 38.0. The van der Waals surface area contributed by atoms with E-state index in [1.165, 1.54) is 12.1 Å². The van der Waals surface area contributed by atoms with Crippen LogP contribution < -0.4 is 9.47 Å². The predicted octanol–water partition coefficient (Wildman–Crippen LogP) is 5.04. The van der Waals surface area contributed by atoms with Crippen LogP contribution in [0.1, 0.15) is 31.9 Å². The number of rotatable bonds is 10. The lowest BCUT2D eigenvalue weighted by Gasteiger charge is -2.13. The maximum absolute atomic E-state index is 13.1. The van der Waals surface area contributed by atoms with E-state index in [0.29, 0.717) is 23.7 Å². The minimum Gasteiger partial charge on any atom is -0.490 e. The van der Waals surface area contributed by atoms with Crippen LogP contribution in [0.2, 0.25) is 0 Å². The van der Waals surface area contributed by atoms with Crippen LogP contribution in [0.25, 0.3) is 6.08 Å². The summed E-state index contributed by atoms with van der Waals surface area (Å²) in [6, 6.07) is 11.1. The molecule has 9 heteroatoms. The van der Waals surface area contributed by atoms with Gasteiger partial charge in [-0.3, -0.25) is 19.3 Å². The summed E-state index contributed by atoms with van der Waals surface area (Å²) in [6.45, 7) is 6.05. The van der Waals surface area contributed by atoms with Gasteiger partial charge in [-0.1, -0.05) is 32.0 Å². The quantitative estimate of drug-likeness (QED) is 0.343. The molecule has 0 spiro atoms. The molecule has 1 heterocycles. The van der Waals surface area contributed by atoms with Crippen LogP contribution in [-0.4, -0.2) is 41.8 Å². The number of halogens is 1. The number of carbonyl (C=O) groups excluding carboxylic acids is 3. The molecule has 2 aromatic carbocycles. The molecule has 3 rings (SSSR count). The van der Waals surface area contributed by atoms with E-state index in [2.05, 4.69) is 0 Å². The Kier molecular flexibility index (Phi) is 8.70. The number of benzene rings is 2. The van der Waals surface area contributed by atoms with Crippen LogP contribution in [0.15, 0.2) is 47.4 Å². The molecule has 0 bridgehead atoms. The molecule has 0 atom stereocenters. The van der Waals surface area contributed by atoms with Gasteiger partial charge in [0.15, 0.2) is 11.5 Å².